The molecule has 4 rings (SSSR count). The number of benzene rings is 2. The average molecular weight is 464 g/mol. The summed E-state index contributed by atoms with van der Waals surface area (Å²) in [6, 6.07) is 15.6. The molecule has 4 aromatic rings. The number of anilines is 1. The molecule has 0 saturated carbocycles. The van der Waals surface area contributed by atoms with Crippen LogP contribution in [0.5, 0.6) is 0 Å². The van der Waals surface area contributed by atoms with Crippen LogP contribution in [0.2, 0.25) is 0 Å². The number of hydrogen-bond donors (Lipinski definition) is 1. The molecule has 5 nitrogen and oxygen atoms in total. The van der Waals surface area contributed by atoms with E-state index in [1.54, 1.807) is 4.57 Å². The average Bonchev–Trinajstić information content (AvgIpc) is 3.07. The summed E-state index contributed by atoms with van der Waals surface area (Å²) in [4.78, 5) is 32.8. The maximum absolute atomic E-state index is 13.5. The van der Waals surface area contributed by atoms with Crippen molar-refractivity contribution in [2.75, 3.05) is 11.1 Å². The van der Waals surface area contributed by atoms with Gasteiger partial charge in [0.2, 0.25) is 5.91 Å². The summed E-state index contributed by atoms with van der Waals surface area (Å²) in [5.74, 6) is 0.0212. The number of nitrogens with one attached hydrogen (secondary N) is 1. The van der Waals surface area contributed by atoms with E-state index in [-0.39, 0.29) is 17.2 Å². The van der Waals surface area contributed by atoms with Gasteiger partial charge in [0.15, 0.2) is 5.16 Å². The summed E-state index contributed by atoms with van der Waals surface area (Å²) in [6.07, 6.45) is 0.927. The summed E-state index contributed by atoms with van der Waals surface area (Å²) in [6.45, 7) is 8.02. The van der Waals surface area contributed by atoms with E-state index in [0.29, 0.717) is 15.4 Å². The minimum atomic E-state index is -0.134. The van der Waals surface area contributed by atoms with Crippen molar-refractivity contribution in [3.8, 4) is 5.69 Å². The Bertz CT molecular complexity index is 1350. The third-order valence-corrected chi connectivity index (χ3v) is 7.57. The number of fused-ring (bicyclic) bond motifs is 1. The zero-order chi connectivity index (χ0) is 22.8. The summed E-state index contributed by atoms with van der Waals surface area (Å²) in [5.41, 5.74) is 4.62. The molecule has 0 aliphatic heterocycles. The Balaban J connectivity index is 1.71. The number of rotatable bonds is 6. The van der Waals surface area contributed by atoms with Gasteiger partial charge in [0, 0.05) is 10.6 Å². The van der Waals surface area contributed by atoms with Gasteiger partial charge in [-0.15, -0.1) is 11.3 Å². The zero-order valence-corrected chi connectivity index (χ0v) is 20.2. The third kappa shape index (κ3) is 4.36. The number of amides is 1. The fourth-order valence-corrected chi connectivity index (χ4v) is 5.39. The smallest absolute Gasteiger partial charge is 0.267 e. The molecule has 0 aliphatic rings. The number of aromatic nitrogens is 2. The first kappa shape index (κ1) is 22.3. The van der Waals surface area contributed by atoms with E-state index in [1.165, 1.54) is 28.7 Å². The molecule has 0 atom stereocenters. The van der Waals surface area contributed by atoms with Gasteiger partial charge in [-0.25, -0.2) is 4.98 Å². The standard InChI is InChI=1S/C25H25N3O2S2/c1-5-18-10-12-19(13-11-18)28-24(30)22-16(3)17(4)32-23(22)27-25(28)31-14-21(29)26-20-9-7-6-8-15(20)2/h6-13H,5,14H2,1-4H3,(H,26,29). The van der Waals surface area contributed by atoms with Crippen LogP contribution in [0.25, 0.3) is 15.9 Å². The lowest BCUT2D eigenvalue weighted by molar-refractivity contribution is -0.113. The number of nitrogens with zero attached hydrogens (tertiary/aromatic N) is 2. The van der Waals surface area contributed by atoms with E-state index in [2.05, 4.69) is 12.2 Å². The fourth-order valence-electron chi connectivity index (χ4n) is 3.51. The van der Waals surface area contributed by atoms with Crippen LogP contribution in [0.4, 0.5) is 5.69 Å². The van der Waals surface area contributed by atoms with Crippen molar-refractivity contribution < 1.29 is 4.79 Å². The summed E-state index contributed by atoms with van der Waals surface area (Å²) >= 11 is 2.79. The van der Waals surface area contributed by atoms with E-state index in [0.717, 1.165) is 33.8 Å². The highest BCUT2D eigenvalue weighted by Gasteiger charge is 2.19. The second kappa shape index (κ2) is 9.30. The predicted octanol–water partition coefficient (Wildman–Crippen LogP) is 5.67. The van der Waals surface area contributed by atoms with Gasteiger partial charge in [-0.2, -0.15) is 0 Å². The molecule has 1 amide bonds. The number of hydrogen-bond acceptors (Lipinski definition) is 5. The van der Waals surface area contributed by atoms with Gasteiger partial charge in [-0.3, -0.25) is 14.2 Å². The molecule has 2 aromatic carbocycles. The molecule has 0 saturated heterocycles. The maximum Gasteiger partial charge on any atom is 0.267 e. The second-order valence-corrected chi connectivity index (χ2v) is 9.82. The summed E-state index contributed by atoms with van der Waals surface area (Å²) < 4.78 is 1.63. The Morgan fingerprint density at radius 3 is 2.50 bits per heavy atom. The molecular weight excluding hydrogens is 438 g/mol. The van der Waals surface area contributed by atoms with E-state index in [1.807, 2.05) is 69.3 Å². The number of thioether (sulfide) groups is 1. The molecule has 0 aliphatic carbocycles. The van der Waals surface area contributed by atoms with Crippen molar-refractivity contribution >= 4 is 44.9 Å². The van der Waals surface area contributed by atoms with E-state index >= 15 is 0 Å². The van der Waals surface area contributed by atoms with E-state index in [9.17, 15) is 9.59 Å². The molecule has 0 unspecified atom stereocenters. The van der Waals surface area contributed by atoms with Crippen molar-refractivity contribution in [3.05, 3.63) is 80.5 Å². The van der Waals surface area contributed by atoms with Crippen LogP contribution in [0.1, 0.15) is 28.5 Å². The fraction of sp³-hybridized carbons (Fsp3) is 0.240. The van der Waals surface area contributed by atoms with Gasteiger partial charge in [0.25, 0.3) is 5.56 Å². The lowest BCUT2D eigenvalue weighted by Gasteiger charge is -2.13. The zero-order valence-electron chi connectivity index (χ0n) is 18.6. The van der Waals surface area contributed by atoms with E-state index in [4.69, 9.17) is 4.98 Å². The summed E-state index contributed by atoms with van der Waals surface area (Å²) in [7, 11) is 0. The quantitative estimate of drug-likeness (QED) is 0.296. The van der Waals surface area contributed by atoms with Gasteiger partial charge in [0.1, 0.15) is 4.83 Å². The van der Waals surface area contributed by atoms with Gasteiger partial charge < -0.3 is 5.32 Å². The number of aryl methyl sites for hydroxylation is 4. The Labute approximate surface area is 195 Å². The topological polar surface area (TPSA) is 64.0 Å². The Hall–Kier alpha value is -2.90. The lowest BCUT2D eigenvalue weighted by Crippen LogP contribution is -2.23. The molecule has 7 heteroatoms. The van der Waals surface area contributed by atoms with Gasteiger partial charge in [-0.05, 0) is 62.1 Å². The van der Waals surface area contributed by atoms with Crippen molar-refractivity contribution in [3.63, 3.8) is 0 Å². The molecule has 0 bridgehead atoms. The van der Waals surface area contributed by atoms with E-state index < -0.39 is 0 Å². The first-order valence-corrected chi connectivity index (χ1v) is 12.3. The molecule has 0 fully saturated rings. The number of carbonyl (C=O) groups excluding carboxylic acids is 1. The number of carbonyl (C=O) groups is 1. The molecule has 2 heterocycles. The van der Waals surface area contributed by atoms with Crippen molar-refractivity contribution in [1.29, 1.82) is 0 Å². The highest BCUT2D eigenvalue weighted by Crippen LogP contribution is 2.29. The first-order chi connectivity index (χ1) is 15.4. The number of thiophene rings is 1. The largest absolute Gasteiger partial charge is 0.325 e. The highest BCUT2D eigenvalue weighted by atomic mass is 32.2. The van der Waals surface area contributed by atoms with Crippen molar-refractivity contribution in [2.45, 2.75) is 39.3 Å². The molecule has 164 valence electrons. The van der Waals surface area contributed by atoms with Gasteiger partial charge in [0.05, 0.1) is 16.8 Å². The van der Waals surface area contributed by atoms with Gasteiger partial charge >= 0.3 is 0 Å². The third-order valence-electron chi connectivity index (χ3n) is 5.53. The molecule has 2 aromatic heterocycles. The minimum Gasteiger partial charge on any atom is -0.325 e. The maximum atomic E-state index is 13.5. The molecule has 32 heavy (non-hydrogen) atoms. The molecule has 1 N–H and O–H groups in total. The van der Waals surface area contributed by atoms with Crippen LogP contribution in [0, 0.1) is 20.8 Å². The van der Waals surface area contributed by atoms with Crippen molar-refractivity contribution in [2.24, 2.45) is 0 Å². The van der Waals surface area contributed by atoms with Crippen LogP contribution >= 0.6 is 23.1 Å². The molecular formula is C25H25N3O2S2. The highest BCUT2D eigenvalue weighted by molar-refractivity contribution is 7.99. The lowest BCUT2D eigenvalue weighted by atomic mass is 10.1. The molecule has 0 spiro atoms. The van der Waals surface area contributed by atoms with Crippen molar-refractivity contribution in [1.82, 2.24) is 9.55 Å². The first-order valence-electron chi connectivity index (χ1n) is 10.5. The van der Waals surface area contributed by atoms with Crippen LogP contribution in [-0.4, -0.2) is 21.2 Å². The second-order valence-electron chi connectivity index (χ2n) is 7.67. The Kier molecular flexibility index (Phi) is 6.48. The van der Waals surface area contributed by atoms with Crippen LogP contribution in [-0.2, 0) is 11.2 Å². The van der Waals surface area contributed by atoms with Crippen LogP contribution < -0.4 is 10.9 Å². The monoisotopic (exact) mass is 463 g/mol. The minimum absolute atomic E-state index is 0.0945. The normalized spacial score (nSPS) is 11.1. The van der Waals surface area contributed by atoms with Crippen LogP contribution in [0.15, 0.2) is 58.5 Å². The Morgan fingerprint density at radius 1 is 1.09 bits per heavy atom. The SMILES string of the molecule is CCc1ccc(-n2c(SCC(=O)Nc3ccccc3C)nc3sc(C)c(C)c3c2=O)cc1. The number of para-hydroxylation sites is 1. The van der Waals surface area contributed by atoms with Crippen LogP contribution in [0.3, 0.4) is 0 Å². The Morgan fingerprint density at radius 2 is 1.81 bits per heavy atom. The molecule has 0 radical (unpaired) electrons. The predicted molar refractivity (Wildman–Crippen MR) is 135 cm³/mol. The van der Waals surface area contributed by atoms with Gasteiger partial charge in [-0.1, -0.05) is 49.0 Å². The summed E-state index contributed by atoms with van der Waals surface area (Å²) in [5, 5.41) is 4.12.